The number of piperidine rings is 1. The highest BCUT2D eigenvalue weighted by molar-refractivity contribution is 5.79. The molecule has 2 aromatic rings. The predicted octanol–water partition coefficient (Wildman–Crippen LogP) is 4.03. The van der Waals surface area contributed by atoms with Crippen molar-refractivity contribution in [1.82, 2.24) is 14.9 Å². The van der Waals surface area contributed by atoms with Gasteiger partial charge in [0, 0.05) is 51.2 Å². The Labute approximate surface area is 208 Å². The lowest BCUT2D eigenvalue weighted by Gasteiger charge is -2.32. The molecule has 2 unspecified atom stereocenters. The molecule has 3 fully saturated rings. The minimum atomic E-state index is 0.242. The summed E-state index contributed by atoms with van der Waals surface area (Å²) in [4.78, 5) is 25.6. The molecule has 0 N–H and O–H groups in total. The molecule has 2 saturated heterocycles. The first kappa shape index (κ1) is 24.0. The third-order valence-electron chi connectivity index (χ3n) is 8.03. The maximum atomic E-state index is 12.3. The Morgan fingerprint density at radius 1 is 1.11 bits per heavy atom. The minimum absolute atomic E-state index is 0.242. The molecule has 2 atom stereocenters. The average Bonchev–Trinajstić information content (AvgIpc) is 3.60. The van der Waals surface area contributed by atoms with Crippen molar-refractivity contribution in [3.05, 3.63) is 47.3 Å². The third-order valence-corrected chi connectivity index (χ3v) is 8.03. The van der Waals surface area contributed by atoms with Gasteiger partial charge < -0.3 is 19.3 Å². The Morgan fingerprint density at radius 2 is 1.89 bits per heavy atom. The van der Waals surface area contributed by atoms with Crippen molar-refractivity contribution in [2.45, 2.75) is 52.1 Å². The average molecular weight is 479 g/mol. The highest BCUT2D eigenvalue weighted by atomic mass is 16.5. The zero-order chi connectivity index (χ0) is 24.2. The van der Waals surface area contributed by atoms with E-state index in [-0.39, 0.29) is 5.91 Å². The molecule has 1 aliphatic carbocycles. The van der Waals surface area contributed by atoms with Gasteiger partial charge in [-0.25, -0.2) is 9.97 Å². The van der Waals surface area contributed by atoms with Gasteiger partial charge in [0.05, 0.1) is 19.6 Å². The quantitative estimate of drug-likeness (QED) is 0.514. The maximum absolute atomic E-state index is 12.3. The van der Waals surface area contributed by atoms with Crippen LogP contribution in [0.25, 0.3) is 0 Å². The molecule has 0 radical (unpaired) electrons. The van der Waals surface area contributed by atoms with Gasteiger partial charge in [-0.3, -0.25) is 4.79 Å². The monoisotopic (exact) mass is 478 g/mol. The molecule has 7 nitrogen and oxygen atoms in total. The molecule has 7 heteroatoms. The van der Waals surface area contributed by atoms with Crippen LogP contribution in [0, 0.1) is 24.7 Å². The number of aromatic nitrogens is 2. The second-order valence-electron chi connectivity index (χ2n) is 10.4. The summed E-state index contributed by atoms with van der Waals surface area (Å²) < 4.78 is 11.2. The van der Waals surface area contributed by atoms with E-state index < -0.39 is 0 Å². The van der Waals surface area contributed by atoms with Crippen LogP contribution in [0.15, 0.2) is 30.6 Å². The molecule has 0 bridgehead atoms. The van der Waals surface area contributed by atoms with E-state index in [1.165, 1.54) is 19.3 Å². The Bertz CT molecular complexity index is 1000. The molecule has 0 spiro atoms. The molecule has 188 valence electrons. The predicted molar refractivity (Wildman–Crippen MR) is 135 cm³/mol. The normalized spacial score (nSPS) is 22.1. The fourth-order valence-corrected chi connectivity index (χ4v) is 5.59. The maximum Gasteiger partial charge on any atom is 0.227 e. The molecule has 3 heterocycles. The Balaban J connectivity index is 1.01. The van der Waals surface area contributed by atoms with Crippen LogP contribution in [-0.2, 0) is 22.6 Å². The number of carbonyl (C=O) groups excluding carboxylic acids is 1. The SMILES string of the molecule is COCc1cnc(N2CCC(C3CC3CCOc3ccc(CC(=O)N4CCC4)c(C)c3)CC2)nc1. The molecule has 3 aliphatic rings. The van der Waals surface area contributed by atoms with Crippen LogP contribution in [0.5, 0.6) is 5.75 Å². The fourth-order valence-electron chi connectivity index (χ4n) is 5.59. The largest absolute Gasteiger partial charge is 0.494 e. The van der Waals surface area contributed by atoms with Gasteiger partial charge in [-0.05, 0) is 80.0 Å². The van der Waals surface area contributed by atoms with Gasteiger partial charge in [-0.1, -0.05) is 6.07 Å². The lowest BCUT2D eigenvalue weighted by Crippen LogP contribution is -2.42. The number of rotatable bonds is 10. The van der Waals surface area contributed by atoms with E-state index in [0.717, 1.165) is 91.8 Å². The van der Waals surface area contributed by atoms with E-state index in [2.05, 4.69) is 33.9 Å². The first-order valence-electron chi connectivity index (χ1n) is 13.2. The summed E-state index contributed by atoms with van der Waals surface area (Å²) in [5.74, 6) is 4.47. The second-order valence-corrected chi connectivity index (χ2v) is 10.4. The summed E-state index contributed by atoms with van der Waals surface area (Å²) in [7, 11) is 1.69. The van der Waals surface area contributed by atoms with E-state index in [1.807, 2.05) is 23.4 Å². The molecule has 1 saturated carbocycles. The third kappa shape index (κ3) is 5.95. The van der Waals surface area contributed by atoms with Crippen molar-refractivity contribution in [2.75, 3.05) is 44.8 Å². The van der Waals surface area contributed by atoms with Crippen molar-refractivity contribution < 1.29 is 14.3 Å². The molecule has 1 aromatic heterocycles. The number of ether oxygens (including phenoxy) is 2. The highest BCUT2D eigenvalue weighted by Gasteiger charge is 2.43. The van der Waals surface area contributed by atoms with Gasteiger partial charge >= 0.3 is 0 Å². The molecular formula is C28H38N4O3. The van der Waals surface area contributed by atoms with Crippen molar-refractivity contribution in [1.29, 1.82) is 0 Å². The van der Waals surface area contributed by atoms with Crippen molar-refractivity contribution >= 4 is 11.9 Å². The standard InChI is InChI=1S/C28H38N4O3/c1-20-14-25(5-4-23(20)16-27(33)31-9-3-10-31)35-13-8-24-15-26(24)22-6-11-32(12-7-22)28-29-17-21(18-30-28)19-34-2/h4-5,14,17-18,22,24,26H,3,6-13,15-16,19H2,1-2H3. The van der Waals surface area contributed by atoms with Crippen LogP contribution in [-0.4, -0.2) is 60.7 Å². The van der Waals surface area contributed by atoms with E-state index >= 15 is 0 Å². The Kier molecular flexibility index (Phi) is 7.51. The van der Waals surface area contributed by atoms with E-state index in [1.54, 1.807) is 7.11 Å². The summed E-state index contributed by atoms with van der Waals surface area (Å²) in [6, 6.07) is 6.17. The second kappa shape index (κ2) is 10.9. The summed E-state index contributed by atoms with van der Waals surface area (Å²) in [6.07, 6.45) is 10.3. The van der Waals surface area contributed by atoms with E-state index in [9.17, 15) is 4.79 Å². The lowest BCUT2D eigenvalue weighted by molar-refractivity contribution is -0.133. The topological polar surface area (TPSA) is 67.8 Å². The van der Waals surface area contributed by atoms with Crippen LogP contribution in [0.2, 0.25) is 0 Å². The summed E-state index contributed by atoms with van der Waals surface area (Å²) >= 11 is 0. The van der Waals surface area contributed by atoms with Crippen LogP contribution < -0.4 is 9.64 Å². The van der Waals surface area contributed by atoms with Crippen molar-refractivity contribution in [2.24, 2.45) is 17.8 Å². The number of hydrogen-bond donors (Lipinski definition) is 0. The van der Waals surface area contributed by atoms with Crippen LogP contribution in [0.4, 0.5) is 5.95 Å². The van der Waals surface area contributed by atoms with Gasteiger partial charge in [0.2, 0.25) is 11.9 Å². The number of likely N-dealkylation sites (tertiary alicyclic amines) is 1. The summed E-state index contributed by atoms with van der Waals surface area (Å²) in [5, 5.41) is 0. The van der Waals surface area contributed by atoms with Crippen molar-refractivity contribution in [3.8, 4) is 5.75 Å². The molecule has 5 rings (SSSR count). The Hall–Kier alpha value is -2.67. The zero-order valence-electron chi connectivity index (χ0n) is 21.1. The van der Waals surface area contributed by atoms with Gasteiger partial charge in [-0.2, -0.15) is 0 Å². The van der Waals surface area contributed by atoms with Gasteiger partial charge in [0.25, 0.3) is 0 Å². The number of anilines is 1. The molecule has 1 amide bonds. The molecular weight excluding hydrogens is 440 g/mol. The van der Waals surface area contributed by atoms with Gasteiger partial charge in [0.15, 0.2) is 0 Å². The number of aryl methyl sites for hydroxylation is 1. The lowest BCUT2D eigenvalue weighted by atomic mass is 9.90. The van der Waals surface area contributed by atoms with Gasteiger partial charge in [-0.15, -0.1) is 0 Å². The zero-order valence-corrected chi connectivity index (χ0v) is 21.1. The first-order valence-corrected chi connectivity index (χ1v) is 13.2. The fraction of sp³-hybridized carbons (Fsp3) is 0.607. The molecule has 35 heavy (non-hydrogen) atoms. The van der Waals surface area contributed by atoms with E-state index in [0.29, 0.717) is 13.0 Å². The highest BCUT2D eigenvalue weighted by Crippen LogP contribution is 2.49. The number of nitrogens with zero attached hydrogens (tertiary/aromatic N) is 4. The summed E-state index contributed by atoms with van der Waals surface area (Å²) in [6.45, 7) is 7.32. The number of benzene rings is 1. The number of amides is 1. The first-order chi connectivity index (χ1) is 17.1. The molecule has 2 aliphatic heterocycles. The molecule has 1 aromatic carbocycles. The number of carbonyl (C=O) groups is 1. The number of hydrogen-bond acceptors (Lipinski definition) is 6. The summed E-state index contributed by atoms with van der Waals surface area (Å²) in [5.41, 5.74) is 3.27. The van der Waals surface area contributed by atoms with Crippen LogP contribution in [0.3, 0.4) is 0 Å². The van der Waals surface area contributed by atoms with E-state index in [4.69, 9.17) is 9.47 Å². The number of methoxy groups -OCH3 is 1. The Morgan fingerprint density at radius 3 is 2.54 bits per heavy atom. The van der Waals surface area contributed by atoms with Crippen LogP contribution >= 0.6 is 0 Å². The van der Waals surface area contributed by atoms with Crippen molar-refractivity contribution in [3.63, 3.8) is 0 Å². The van der Waals surface area contributed by atoms with Crippen LogP contribution in [0.1, 0.15) is 48.8 Å². The minimum Gasteiger partial charge on any atom is -0.494 e. The smallest absolute Gasteiger partial charge is 0.227 e. The van der Waals surface area contributed by atoms with Gasteiger partial charge in [0.1, 0.15) is 5.75 Å².